The van der Waals surface area contributed by atoms with E-state index in [1.807, 2.05) is 47.4 Å². The zero-order chi connectivity index (χ0) is 28.1. The number of carboxylic acid groups (broad SMARTS) is 1. The van der Waals surface area contributed by atoms with E-state index in [0.29, 0.717) is 43.1 Å². The molecule has 2 aliphatic carbocycles. The topological polar surface area (TPSA) is 77.9 Å². The summed E-state index contributed by atoms with van der Waals surface area (Å²) in [5.74, 6) is 0.567. The van der Waals surface area contributed by atoms with Crippen LogP contribution in [0.1, 0.15) is 110 Å². The Hall–Kier alpha value is -2.99. The van der Waals surface area contributed by atoms with Crippen LogP contribution in [0.5, 0.6) is 0 Å². The smallest absolute Gasteiger partial charge is 0.336 e. The van der Waals surface area contributed by atoms with E-state index >= 15 is 0 Å². The molecule has 2 aromatic carbocycles. The highest BCUT2D eigenvalue weighted by Crippen LogP contribution is 2.47. The van der Waals surface area contributed by atoms with Crippen molar-refractivity contribution >= 4 is 17.7 Å². The molecule has 0 bridgehead atoms. The van der Waals surface area contributed by atoms with Crippen molar-refractivity contribution in [2.45, 2.75) is 102 Å². The van der Waals surface area contributed by atoms with Gasteiger partial charge in [0.25, 0.3) is 0 Å². The Morgan fingerprint density at radius 2 is 1.62 bits per heavy atom. The summed E-state index contributed by atoms with van der Waals surface area (Å²) in [7, 11) is 0. The first-order valence-electron chi connectivity index (χ1n) is 15.3. The van der Waals surface area contributed by atoms with E-state index in [9.17, 15) is 19.5 Å². The van der Waals surface area contributed by atoms with Crippen molar-refractivity contribution < 1.29 is 19.5 Å². The Balaban J connectivity index is 1.24. The maximum atomic E-state index is 14.2. The first kappa shape index (κ1) is 28.5. The molecule has 3 aliphatic rings. The minimum absolute atomic E-state index is 0.192. The summed E-state index contributed by atoms with van der Waals surface area (Å²) in [4.78, 5) is 43.0. The Bertz CT molecular complexity index is 1180. The second-order valence-electron chi connectivity index (χ2n) is 12.4. The summed E-state index contributed by atoms with van der Waals surface area (Å²) in [6, 6.07) is 17.1. The van der Waals surface area contributed by atoms with Crippen molar-refractivity contribution in [3.05, 3.63) is 71.3 Å². The lowest BCUT2D eigenvalue weighted by Crippen LogP contribution is -2.55. The van der Waals surface area contributed by atoms with Gasteiger partial charge in [0.1, 0.15) is 5.54 Å². The van der Waals surface area contributed by atoms with E-state index < -0.39 is 11.5 Å². The first-order valence-corrected chi connectivity index (χ1v) is 15.3. The van der Waals surface area contributed by atoms with Crippen molar-refractivity contribution in [1.29, 1.82) is 0 Å². The van der Waals surface area contributed by atoms with Gasteiger partial charge in [-0.25, -0.2) is 4.79 Å². The van der Waals surface area contributed by atoms with Crippen LogP contribution in [-0.4, -0.2) is 50.8 Å². The Morgan fingerprint density at radius 1 is 0.950 bits per heavy atom. The molecule has 6 nitrogen and oxygen atoms in total. The molecule has 1 aliphatic heterocycles. The second kappa shape index (κ2) is 12.7. The van der Waals surface area contributed by atoms with E-state index in [0.717, 1.165) is 56.9 Å². The van der Waals surface area contributed by atoms with Gasteiger partial charge in [-0.1, -0.05) is 81.1 Å². The number of Topliss-reactive ketones (excluding diaryl/α,β-unsaturated/α-hetero) is 1. The van der Waals surface area contributed by atoms with Crippen molar-refractivity contribution in [2.75, 3.05) is 6.67 Å². The molecule has 1 heterocycles. The molecule has 40 heavy (non-hydrogen) atoms. The third-order valence-corrected chi connectivity index (χ3v) is 10.0. The maximum Gasteiger partial charge on any atom is 0.336 e. The number of aromatic carboxylic acids is 1. The average molecular weight is 545 g/mol. The predicted octanol–water partition coefficient (Wildman–Crippen LogP) is 6.94. The van der Waals surface area contributed by atoms with E-state index in [1.54, 1.807) is 12.1 Å². The third kappa shape index (κ3) is 6.02. The van der Waals surface area contributed by atoms with Gasteiger partial charge < -0.3 is 10.0 Å². The van der Waals surface area contributed by atoms with Crippen LogP contribution in [0.25, 0.3) is 0 Å². The van der Waals surface area contributed by atoms with Crippen LogP contribution >= 0.6 is 0 Å². The van der Waals surface area contributed by atoms with Gasteiger partial charge in [-0.15, -0.1) is 0 Å². The number of hydrogen-bond acceptors (Lipinski definition) is 4. The number of benzene rings is 2. The number of amides is 1. The number of hydrogen-bond donors (Lipinski definition) is 1. The molecule has 0 radical (unpaired) electrons. The van der Waals surface area contributed by atoms with Gasteiger partial charge in [0.05, 0.1) is 12.2 Å². The summed E-state index contributed by atoms with van der Waals surface area (Å²) in [6.07, 6.45) is 12.3. The minimum Gasteiger partial charge on any atom is -0.478 e. The SMILES string of the molecule is CC(CCCC(=O)c1ccccc1)C1CCC2(CC1)C(=O)N(Cc1ccccc1C(=O)O)CN2C1CCCCC1. The van der Waals surface area contributed by atoms with Gasteiger partial charge in [-0.05, 0) is 68.4 Å². The molecule has 1 N–H and O–H groups in total. The summed E-state index contributed by atoms with van der Waals surface area (Å²) in [5, 5.41) is 9.70. The summed E-state index contributed by atoms with van der Waals surface area (Å²) in [6.45, 7) is 3.26. The molecule has 2 saturated carbocycles. The van der Waals surface area contributed by atoms with Crippen LogP contribution < -0.4 is 0 Å². The molecule has 1 amide bonds. The molecule has 0 aromatic heterocycles. The zero-order valence-electron chi connectivity index (χ0n) is 23.9. The number of ketones is 1. The van der Waals surface area contributed by atoms with E-state index in [1.165, 1.54) is 19.3 Å². The van der Waals surface area contributed by atoms with Crippen LogP contribution in [0.4, 0.5) is 0 Å². The fraction of sp³-hybridized carbons (Fsp3) is 0.559. The summed E-state index contributed by atoms with van der Waals surface area (Å²) in [5.41, 5.74) is 1.33. The molecule has 1 unspecified atom stereocenters. The number of rotatable bonds is 10. The lowest BCUT2D eigenvalue weighted by molar-refractivity contribution is -0.137. The fourth-order valence-corrected chi connectivity index (χ4v) is 7.63. The van der Waals surface area contributed by atoms with Gasteiger partial charge in [0.15, 0.2) is 5.78 Å². The largest absolute Gasteiger partial charge is 0.478 e. The molecule has 1 spiro atoms. The molecule has 1 atom stereocenters. The van der Waals surface area contributed by atoms with Crippen molar-refractivity contribution in [2.24, 2.45) is 11.8 Å². The van der Waals surface area contributed by atoms with Gasteiger partial charge >= 0.3 is 5.97 Å². The summed E-state index contributed by atoms with van der Waals surface area (Å²) < 4.78 is 0. The maximum absolute atomic E-state index is 14.2. The Kier molecular flexibility index (Phi) is 9.04. The van der Waals surface area contributed by atoms with Crippen LogP contribution in [0.3, 0.4) is 0 Å². The first-order chi connectivity index (χ1) is 19.4. The molecular formula is C34H44N2O4. The number of carbonyl (C=O) groups is 3. The van der Waals surface area contributed by atoms with E-state index in [-0.39, 0.29) is 17.3 Å². The van der Waals surface area contributed by atoms with Gasteiger partial charge in [0, 0.05) is 24.6 Å². The van der Waals surface area contributed by atoms with Crippen molar-refractivity contribution in [1.82, 2.24) is 9.80 Å². The Labute approximate surface area is 238 Å². The van der Waals surface area contributed by atoms with Crippen molar-refractivity contribution in [3.8, 4) is 0 Å². The second-order valence-corrected chi connectivity index (χ2v) is 12.4. The molecule has 5 rings (SSSR count). The molecule has 6 heteroatoms. The van der Waals surface area contributed by atoms with Crippen LogP contribution in [0, 0.1) is 11.8 Å². The quantitative estimate of drug-likeness (QED) is 0.328. The monoisotopic (exact) mass is 544 g/mol. The predicted molar refractivity (Wildman–Crippen MR) is 156 cm³/mol. The Morgan fingerprint density at radius 3 is 2.33 bits per heavy atom. The highest BCUT2D eigenvalue weighted by atomic mass is 16.4. The highest BCUT2D eigenvalue weighted by Gasteiger charge is 2.55. The molecular weight excluding hydrogens is 500 g/mol. The van der Waals surface area contributed by atoms with Crippen molar-refractivity contribution in [3.63, 3.8) is 0 Å². The minimum atomic E-state index is -0.943. The standard InChI is InChI=1S/C34H44N2O4/c1-25(11-10-18-31(37)27-12-4-2-5-13-27)26-19-21-34(22-20-26)33(40)35(24-36(34)29-15-6-3-7-16-29)23-28-14-8-9-17-30(28)32(38)39/h2,4-5,8-9,12-14,17,25-26,29H,3,6-7,10-11,15-16,18-24H2,1H3,(H,38,39). The normalized spacial score (nSPS) is 24.9. The summed E-state index contributed by atoms with van der Waals surface area (Å²) >= 11 is 0. The van der Waals surface area contributed by atoms with Gasteiger partial charge in [-0.2, -0.15) is 0 Å². The van der Waals surface area contributed by atoms with Gasteiger partial charge in [0.2, 0.25) is 5.91 Å². The fourth-order valence-electron chi connectivity index (χ4n) is 7.63. The number of carboxylic acids is 1. The van der Waals surface area contributed by atoms with E-state index in [2.05, 4.69) is 11.8 Å². The molecule has 2 aromatic rings. The lowest BCUT2D eigenvalue weighted by Gasteiger charge is -2.46. The number of nitrogens with zero attached hydrogens (tertiary/aromatic N) is 2. The van der Waals surface area contributed by atoms with Crippen LogP contribution in [-0.2, 0) is 11.3 Å². The molecule has 1 saturated heterocycles. The van der Waals surface area contributed by atoms with Crippen LogP contribution in [0.2, 0.25) is 0 Å². The average Bonchev–Trinajstić information content (AvgIpc) is 3.24. The van der Waals surface area contributed by atoms with Crippen LogP contribution in [0.15, 0.2) is 54.6 Å². The van der Waals surface area contributed by atoms with Gasteiger partial charge in [-0.3, -0.25) is 14.5 Å². The third-order valence-electron chi connectivity index (χ3n) is 10.0. The molecule has 214 valence electrons. The lowest BCUT2D eigenvalue weighted by atomic mass is 9.70. The van der Waals surface area contributed by atoms with E-state index in [4.69, 9.17) is 0 Å². The number of carbonyl (C=O) groups excluding carboxylic acids is 2. The highest BCUT2D eigenvalue weighted by molar-refractivity contribution is 5.96. The zero-order valence-corrected chi connectivity index (χ0v) is 23.9. The molecule has 3 fully saturated rings.